The van der Waals surface area contributed by atoms with E-state index in [9.17, 15) is 15.3 Å². The number of hydrogen-bond acceptors (Lipinski definition) is 5. The first-order valence-corrected chi connectivity index (χ1v) is 7.09. The molecule has 102 valence electrons. The predicted molar refractivity (Wildman–Crippen MR) is 73.2 cm³/mol. The lowest BCUT2D eigenvalue weighted by atomic mass is 10.1. The number of rotatable bonds is 2. The number of aromatic amines is 1. The molecule has 1 fully saturated rings. The summed E-state index contributed by atoms with van der Waals surface area (Å²) in [6.45, 7) is 0. The van der Waals surface area contributed by atoms with E-state index in [0.717, 1.165) is 10.9 Å². The van der Waals surface area contributed by atoms with Gasteiger partial charge in [0.2, 0.25) is 0 Å². The van der Waals surface area contributed by atoms with Crippen LogP contribution in [-0.4, -0.2) is 49.8 Å². The molecule has 0 saturated carbocycles. The fourth-order valence-corrected chi connectivity index (χ4v) is 3.24. The van der Waals surface area contributed by atoms with Crippen molar-refractivity contribution in [2.24, 2.45) is 0 Å². The van der Waals surface area contributed by atoms with Gasteiger partial charge in [-0.15, -0.1) is 11.8 Å². The summed E-state index contributed by atoms with van der Waals surface area (Å²) in [6.07, 6.45) is -1.33. The predicted octanol–water partition coefficient (Wildman–Crippen LogP) is 0.702. The Bertz CT molecular complexity index is 573. The third kappa shape index (κ3) is 2.44. The van der Waals surface area contributed by atoms with Gasteiger partial charge in [-0.1, -0.05) is 0 Å². The molecule has 5 nitrogen and oxygen atoms in total. The molecule has 0 amide bonds. The van der Waals surface area contributed by atoms with Crippen molar-refractivity contribution in [1.82, 2.24) is 4.98 Å². The molecule has 1 aromatic heterocycles. The molecule has 0 spiro atoms. The Morgan fingerprint density at radius 1 is 1.16 bits per heavy atom. The number of ether oxygens (including phenoxy) is 1. The summed E-state index contributed by atoms with van der Waals surface area (Å²) in [6, 6.07) is 7.51. The fraction of sp³-hybridized carbons (Fsp3) is 0.385. The van der Waals surface area contributed by atoms with E-state index in [1.54, 1.807) is 0 Å². The molecule has 0 unspecified atom stereocenters. The molecule has 2 heterocycles. The Labute approximate surface area is 114 Å². The number of aliphatic hydroxyl groups excluding tert-OH is 3. The maximum Gasteiger partial charge on any atom is 0.173 e. The quantitative estimate of drug-likeness (QED) is 0.651. The smallest absolute Gasteiger partial charge is 0.173 e. The van der Waals surface area contributed by atoms with E-state index in [4.69, 9.17) is 4.74 Å². The van der Waals surface area contributed by atoms with E-state index in [1.165, 1.54) is 11.8 Å². The molecule has 0 bridgehead atoms. The Morgan fingerprint density at radius 2 is 2.00 bits per heavy atom. The molecule has 1 aliphatic heterocycles. The Morgan fingerprint density at radius 3 is 2.84 bits per heavy atom. The van der Waals surface area contributed by atoms with Gasteiger partial charge in [0.15, 0.2) is 5.44 Å². The second-order valence-corrected chi connectivity index (χ2v) is 5.73. The highest BCUT2D eigenvalue weighted by molar-refractivity contribution is 7.99. The topological polar surface area (TPSA) is 85.7 Å². The number of fused-ring (bicyclic) bond motifs is 1. The van der Waals surface area contributed by atoms with Crippen molar-refractivity contribution in [3.63, 3.8) is 0 Å². The minimum atomic E-state index is -1.16. The first-order chi connectivity index (χ1) is 9.15. The molecular formula is C13H15NO4S. The van der Waals surface area contributed by atoms with E-state index >= 15 is 0 Å². The van der Waals surface area contributed by atoms with Crippen LogP contribution in [0.4, 0.5) is 0 Å². The lowest BCUT2D eigenvalue weighted by molar-refractivity contribution is -0.0785. The maximum absolute atomic E-state index is 9.88. The zero-order valence-corrected chi connectivity index (χ0v) is 10.9. The molecule has 1 saturated heterocycles. The molecule has 4 N–H and O–H groups in total. The van der Waals surface area contributed by atoms with Crippen LogP contribution in [0.2, 0.25) is 0 Å². The SMILES string of the molecule is O[C@@H]1[C@@H](O)[C@@H](Oc2ccc3[nH]ccc3c2)SC[C@H]1O. The van der Waals surface area contributed by atoms with E-state index < -0.39 is 23.7 Å². The second kappa shape index (κ2) is 5.05. The second-order valence-electron chi connectivity index (χ2n) is 4.59. The largest absolute Gasteiger partial charge is 0.477 e. The minimum Gasteiger partial charge on any atom is -0.477 e. The lowest BCUT2D eigenvalue weighted by Crippen LogP contribution is -2.50. The molecule has 1 aromatic carbocycles. The molecule has 0 radical (unpaired) electrons. The van der Waals surface area contributed by atoms with Crippen LogP contribution in [0.3, 0.4) is 0 Å². The highest BCUT2D eigenvalue weighted by atomic mass is 32.2. The van der Waals surface area contributed by atoms with Crippen LogP contribution in [0, 0.1) is 0 Å². The van der Waals surface area contributed by atoms with Gasteiger partial charge in [0.1, 0.15) is 18.0 Å². The Kier molecular flexibility index (Phi) is 3.40. The number of aromatic nitrogens is 1. The van der Waals surface area contributed by atoms with Gasteiger partial charge >= 0.3 is 0 Å². The summed E-state index contributed by atoms with van der Waals surface area (Å²) in [5, 5.41) is 30.0. The zero-order chi connectivity index (χ0) is 13.4. The number of nitrogens with one attached hydrogen (secondary N) is 1. The van der Waals surface area contributed by atoms with Gasteiger partial charge in [0.05, 0.1) is 6.10 Å². The summed E-state index contributed by atoms with van der Waals surface area (Å²) in [7, 11) is 0. The van der Waals surface area contributed by atoms with Crippen LogP contribution >= 0.6 is 11.8 Å². The van der Waals surface area contributed by atoms with Crippen molar-refractivity contribution >= 4 is 22.7 Å². The fourth-order valence-electron chi connectivity index (χ4n) is 2.12. The van der Waals surface area contributed by atoms with Crippen LogP contribution in [-0.2, 0) is 0 Å². The van der Waals surface area contributed by atoms with Crippen molar-refractivity contribution in [2.45, 2.75) is 23.7 Å². The first kappa shape index (κ1) is 12.8. The maximum atomic E-state index is 9.88. The van der Waals surface area contributed by atoms with Gasteiger partial charge in [-0.2, -0.15) is 0 Å². The van der Waals surface area contributed by atoms with Crippen molar-refractivity contribution in [2.75, 3.05) is 5.75 Å². The van der Waals surface area contributed by atoms with Crippen LogP contribution in [0.15, 0.2) is 30.5 Å². The summed E-state index contributed by atoms with van der Waals surface area (Å²) >= 11 is 1.30. The highest BCUT2D eigenvalue weighted by Gasteiger charge is 2.38. The summed E-state index contributed by atoms with van der Waals surface area (Å²) in [4.78, 5) is 3.09. The molecule has 2 aromatic rings. The third-order valence-corrected chi connectivity index (χ3v) is 4.47. The van der Waals surface area contributed by atoms with Crippen molar-refractivity contribution in [3.05, 3.63) is 30.5 Å². The van der Waals surface area contributed by atoms with Gasteiger partial charge < -0.3 is 25.0 Å². The normalized spacial score (nSPS) is 31.5. The molecule has 19 heavy (non-hydrogen) atoms. The molecule has 4 atom stereocenters. The van der Waals surface area contributed by atoms with Crippen molar-refractivity contribution < 1.29 is 20.1 Å². The van der Waals surface area contributed by atoms with Crippen molar-refractivity contribution in [1.29, 1.82) is 0 Å². The van der Waals surface area contributed by atoms with E-state index in [-0.39, 0.29) is 0 Å². The van der Waals surface area contributed by atoms with E-state index in [1.807, 2.05) is 30.5 Å². The monoisotopic (exact) mass is 281 g/mol. The average molecular weight is 281 g/mol. The lowest BCUT2D eigenvalue weighted by Gasteiger charge is -2.34. The number of hydrogen-bond donors (Lipinski definition) is 4. The minimum absolute atomic E-state index is 0.343. The summed E-state index contributed by atoms with van der Waals surface area (Å²) in [5.74, 6) is 0.974. The number of H-pyrrole nitrogens is 1. The summed E-state index contributed by atoms with van der Waals surface area (Å²) in [5.41, 5.74) is 0.439. The third-order valence-electron chi connectivity index (χ3n) is 3.23. The highest BCUT2D eigenvalue weighted by Crippen LogP contribution is 2.30. The molecule has 3 rings (SSSR count). The average Bonchev–Trinajstić information content (AvgIpc) is 2.87. The first-order valence-electron chi connectivity index (χ1n) is 6.05. The van der Waals surface area contributed by atoms with Crippen LogP contribution in [0.25, 0.3) is 10.9 Å². The number of aliphatic hydroxyl groups is 3. The van der Waals surface area contributed by atoms with Crippen LogP contribution in [0.1, 0.15) is 0 Å². The Hall–Kier alpha value is -1.21. The van der Waals surface area contributed by atoms with Crippen LogP contribution in [0.5, 0.6) is 5.75 Å². The molecule has 1 aliphatic rings. The van der Waals surface area contributed by atoms with Crippen LogP contribution < -0.4 is 4.74 Å². The molecule has 0 aliphatic carbocycles. The van der Waals surface area contributed by atoms with Gasteiger partial charge in [-0.3, -0.25) is 0 Å². The number of thioether (sulfide) groups is 1. The number of benzene rings is 1. The van der Waals surface area contributed by atoms with E-state index in [2.05, 4.69) is 4.98 Å². The molecule has 6 heteroatoms. The van der Waals surface area contributed by atoms with Gasteiger partial charge in [0, 0.05) is 22.9 Å². The zero-order valence-electron chi connectivity index (χ0n) is 10.1. The van der Waals surface area contributed by atoms with Gasteiger partial charge in [-0.05, 0) is 24.3 Å². The molecular weight excluding hydrogens is 266 g/mol. The van der Waals surface area contributed by atoms with Gasteiger partial charge in [-0.25, -0.2) is 0 Å². The summed E-state index contributed by atoms with van der Waals surface area (Å²) < 4.78 is 5.69. The van der Waals surface area contributed by atoms with E-state index in [0.29, 0.717) is 11.5 Å². The van der Waals surface area contributed by atoms with Crippen molar-refractivity contribution in [3.8, 4) is 5.75 Å². The Balaban J connectivity index is 1.77. The van der Waals surface area contributed by atoms with Gasteiger partial charge in [0.25, 0.3) is 0 Å². The standard InChI is InChI=1S/C13H15NO4S/c15-10-6-19-13(12(17)11(10)16)18-8-1-2-9-7(5-8)3-4-14-9/h1-5,10-17H,6H2/t10-,11+,12-,13+/m1/s1.